The van der Waals surface area contributed by atoms with Crippen molar-refractivity contribution in [2.24, 2.45) is 0 Å². The molecule has 0 saturated heterocycles. The Morgan fingerprint density at radius 2 is 1.08 bits per heavy atom. The van der Waals surface area contributed by atoms with Crippen molar-refractivity contribution in [1.82, 2.24) is 9.44 Å². The molecular formula is C14H17BN2O6S2. The van der Waals surface area contributed by atoms with Gasteiger partial charge in [0.25, 0.3) is 0 Å². The van der Waals surface area contributed by atoms with Gasteiger partial charge in [0.15, 0.2) is 0 Å². The lowest BCUT2D eigenvalue weighted by atomic mass is 10.3. The van der Waals surface area contributed by atoms with Crippen LogP contribution in [0.15, 0.2) is 58.3 Å². The van der Waals surface area contributed by atoms with E-state index in [0.717, 1.165) is 0 Å². The summed E-state index contributed by atoms with van der Waals surface area (Å²) in [5.41, 5.74) is 0. The molecule has 2 aromatic rings. The van der Waals surface area contributed by atoms with Crippen LogP contribution in [0.3, 0.4) is 0 Å². The van der Waals surface area contributed by atoms with Crippen LogP contribution in [0.25, 0.3) is 0 Å². The minimum Gasteiger partial charge on any atom is -0.527 e. The third-order valence-electron chi connectivity index (χ3n) is 3.24. The first-order valence-electron chi connectivity index (χ1n) is 7.12. The first kappa shape index (κ1) is 19.3. The molecule has 0 spiro atoms. The number of hydrogen-bond donors (Lipinski definition) is 2. The van der Waals surface area contributed by atoms with Gasteiger partial charge in [0.2, 0.25) is 20.0 Å². The van der Waals surface area contributed by atoms with Crippen molar-refractivity contribution >= 4 is 27.7 Å². The zero-order valence-electron chi connectivity index (χ0n) is 13.6. The van der Waals surface area contributed by atoms with Gasteiger partial charge in [-0.2, -0.15) is 0 Å². The molecule has 2 rings (SSSR count). The Labute approximate surface area is 147 Å². The number of sulfonamides is 2. The summed E-state index contributed by atoms with van der Waals surface area (Å²) in [5, 5.41) is 0. The first-order valence-corrected chi connectivity index (χ1v) is 10.1. The van der Waals surface area contributed by atoms with E-state index >= 15 is 0 Å². The van der Waals surface area contributed by atoms with Crippen molar-refractivity contribution in [2.75, 3.05) is 14.1 Å². The number of hydrogen-bond acceptors (Lipinski definition) is 6. The molecular weight excluding hydrogens is 367 g/mol. The SMILES string of the molecule is CNS(=O)(=O)c1ccccc1OBOc1ccccc1S(=O)(=O)NC. The fourth-order valence-electron chi connectivity index (χ4n) is 1.96. The molecule has 0 fully saturated rings. The minimum absolute atomic E-state index is 0.0442. The molecule has 0 saturated carbocycles. The molecule has 0 aromatic heterocycles. The Kier molecular flexibility index (Phi) is 6.06. The lowest BCUT2D eigenvalue weighted by molar-refractivity contribution is 0.444. The zero-order valence-corrected chi connectivity index (χ0v) is 15.2. The highest BCUT2D eigenvalue weighted by molar-refractivity contribution is 7.89. The summed E-state index contributed by atoms with van der Waals surface area (Å²) < 4.78 is 63.0. The maximum Gasteiger partial charge on any atom is 0.576 e. The van der Waals surface area contributed by atoms with Crippen LogP contribution < -0.4 is 18.8 Å². The second-order valence-corrected chi connectivity index (χ2v) is 8.43. The summed E-state index contributed by atoms with van der Waals surface area (Å²) in [6, 6.07) is 12.1. The average Bonchev–Trinajstić information content (AvgIpc) is 2.62. The van der Waals surface area contributed by atoms with Crippen molar-refractivity contribution in [3.05, 3.63) is 48.5 Å². The largest absolute Gasteiger partial charge is 0.576 e. The predicted molar refractivity (Wildman–Crippen MR) is 93.8 cm³/mol. The molecule has 0 heterocycles. The van der Waals surface area contributed by atoms with E-state index in [1.54, 1.807) is 24.3 Å². The normalized spacial score (nSPS) is 11.8. The summed E-state index contributed by atoms with van der Waals surface area (Å²) in [6.45, 7) is 0. The van der Waals surface area contributed by atoms with Crippen molar-refractivity contribution < 1.29 is 26.1 Å². The second kappa shape index (κ2) is 7.87. The fraction of sp³-hybridized carbons (Fsp3) is 0.143. The Bertz CT molecular complexity index is 870. The van der Waals surface area contributed by atoms with Crippen LogP contribution in [-0.4, -0.2) is 38.6 Å². The van der Waals surface area contributed by atoms with Crippen LogP contribution in [0.5, 0.6) is 11.5 Å². The molecule has 0 aliphatic heterocycles. The highest BCUT2D eigenvalue weighted by atomic mass is 32.2. The summed E-state index contributed by atoms with van der Waals surface area (Å²) in [4.78, 5) is -0.0885. The number of nitrogens with one attached hydrogen (secondary N) is 2. The quantitative estimate of drug-likeness (QED) is 0.631. The highest BCUT2D eigenvalue weighted by Crippen LogP contribution is 2.25. The first-order chi connectivity index (χ1) is 11.8. The lowest BCUT2D eigenvalue weighted by Crippen LogP contribution is -2.22. The molecule has 134 valence electrons. The average molecular weight is 384 g/mol. The molecule has 0 aliphatic rings. The molecule has 2 aromatic carbocycles. The van der Waals surface area contributed by atoms with Gasteiger partial charge in [-0.05, 0) is 38.4 Å². The van der Waals surface area contributed by atoms with Gasteiger partial charge in [-0.15, -0.1) is 0 Å². The Balaban J connectivity index is 2.19. The van der Waals surface area contributed by atoms with Gasteiger partial charge in [0.05, 0.1) is 0 Å². The van der Waals surface area contributed by atoms with Crippen LogP contribution >= 0.6 is 0 Å². The summed E-state index contributed by atoms with van der Waals surface area (Å²) in [6.07, 6.45) is 0. The van der Waals surface area contributed by atoms with Gasteiger partial charge in [0, 0.05) is 0 Å². The van der Waals surface area contributed by atoms with Crippen molar-refractivity contribution in [1.29, 1.82) is 0 Å². The van der Waals surface area contributed by atoms with E-state index in [0.29, 0.717) is 0 Å². The van der Waals surface area contributed by atoms with Crippen LogP contribution in [-0.2, 0) is 20.0 Å². The molecule has 0 aliphatic carbocycles. The van der Waals surface area contributed by atoms with Crippen LogP contribution in [0.4, 0.5) is 0 Å². The van der Waals surface area contributed by atoms with Crippen molar-refractivity contribution in [3.63, 3.8) is 0 Å². The standard InChI is InChI=1S/C14H17BN2O6S2/c1-16-24(18,19)13-9-5-3-7-11(13)22-15-23-12-8-4-6-10-14(12)25(20,21)17-2/h3-10,15-17H,1-2H3. The summed E-state index contributed by atoms with van der Waals surface area (Å²) in [7, 11) is -5.17. The predicted octanol–water partition coefficient (Wildman–Crippen LogP) is 0.227. The summed E-state index contributed by atoms with van der Waals surface area (Å²) in [5.74, 6) is 0.177. The van der Waals surface area contributed by atoms with E-state index < -0.39 is 20.0 Å². The Hall–Kier alpha value is -2.08. The molecule has 2 N–H and O–H groups in total. The maximum atomic E-state index is 12.0. The molecule has 25 heavy (non-hydrogen) atoms. The third kappa shape index (κ3) is 4.51. The second-order valence-electron chi connectivity index (χ2n) is 4.72. The number of para-hydroxylation sites is 2. The lowest BCUT2D eigenvalue weighted by Gasteiger charge is -2.13. The zero-order chi connectivity index (χ0) is 18.5. The van der Waals surface area contributed by atoms with E-state index in [2.05, 4.69) is 9.44 Å². The van der Waals surface area contributed by atoms with E-state index in [4.69, 9.17) is 9.31 Å². The monoisotopic (exact) mass is 384 g/mol. The van der Waals surface area contributed by atoms with Crippen LogP contribution in [0.2, 0.25) is 0 Å². The number of rotatable bonds is 8. The molecule has 0 bridgehead atoms. The highest BCUT2D eigenvalue weighted by Gasteiger charge is 2.20. The van der Waals surface area contributed by atoms with E-state index in [1.165, 1.54) is 38.4 Å². The Morgan fingerprint density at radius 3 is 1.44 bits per heavy atom. The van der Waals surface area contributed by atoms with Crippen molar-refractivity contribution in [3.8, 4) is 11.5 Å². The van der Waals surface area contributed by atoms with Gasteiger partial charge in [0.1, 0.15) is 21.3 Å². The van der Waals surface area contributed by atoms with Gasteiger partial charge in [-0.25, -0.2) is 26.3 Å². The fourth-order valence-corrected chi connectivity index (χ4v) is 3.70. The molecule has 0 radical (unpaired) electrons. The molecule has 0 atom stereocenters. The molecule has 8 nitrogen and oxygen atoms in total. The van der Waals surface area contributed by atoms with Gasteiger partial charge in [-0.3, -0.25) is 0 Å². The molecule has 0 amide bonds. The summed E-state index contributed by atoms with van der Waals surface area (Å²) >= 11 is 0. The van der Waals surface area contributed by atoms with Gasteiger partial charge in [-0.1, -0.05) is 24.3 Å². The van der Waals surface area contributed by atoms with Gasteiger partial charge >= 0.3 is 7.69 Å². The third-order valence-corrected chi connectivity index (χ3v) is 6.15. The van der Waals surface area contributed by atoms with Crippen molar-refractivity contribution in [2.45, 2.75) is 9.79 Å². The van der Waals surface area contributed by atoms with Crippen LogP contribution in [0, 0.1) is 0 Å². The van der Waals surface area contributed by atoms with E-state index in [9.17, 15) is 16.8 Å². The van der Waals surface area contributed by atoms with E-state index in [-0.39, 0.29) is 29.0 Å². The maximum absolute atomic E-state index is 12.0. The van der Waals surface area contributed by atoms with E-state index in [1.807, 2.05) is 0 Å². The topological polar surface area (TPSA) is 111 Å². The smallest absolute Gasteiger partial charge is 0.527 e. The number of benzene rings is 2. The molecule has 11 heteroatoms. The van der Waals surface area contributed by atoms with Crippen LogP contribution in [0.1, 0.15) is 0 Å². The molecule has 0 unspecified atom stereocenters. The van der Waals surface area contributed by atoms with Gasteiger partial charge < -0.3 is 9.31 Å². The Morgan fingerprint density at radius 1 is 0.720 bits per heavy atom. The minimum atomic E-state index is -3.70.